The van der Waals surface area contributed by atoms with Crippen molar-refractivity contribution in [3.63, 3.8) is 0 Å². The van der Waals surface area contributed by atoms with E-state index in [9.17, 15) is 0 Å². The Hall–Kier alpha value is -4.13. The zero-order valence-electron chi connectivity index (χ0n) is 19.5. The SMILES string of the molecule is CCCCCOc1ccc(/C=N/NC(=Nc2ccccc2)c2nc3ccccc3[nH]2)cc1OC. The number of methoxy groups -OCH3 is 1. The average Bonchev–Trinajstić information content (AvgIpc) is 3.31. The molecule has 34 heavy (non-hydrogen) atoms. The average molecular weight is 456 g/mol. The highest BCUT2D eigenvalue weighted by Gasteiger charge is 2.10. The van der Waals surface area contributed by atoms with Gasteiger partial charge in [0.05, 0.1) is 36.7 Å². The number of hydrogen-bond donors (Lipinski definition) is 2. The number of aromatic amines is 1. The second-order valence-corrected chi connectivity index (χ2v) is 7.73. The minimum absolute atomic E-state index is 0.515. The monoisotopic (exact) mass is 455 g/mol. The Balaban J connectivity index is 1.53. The molecule has 0 unspecified atom stereocenters. The number of para-hydroxylation sites is 3. The van der Waals surface area contributed by atoms with Gasteiger partial charge in [0, 0.05) is 0 Å². The molecule has 0 bridgehead atoms. The fourth-order valence-corrected chi connectivity index (χ4v) is 3.41. The van der Waals surface area contributed by atoms with Crippen LogP contribution in [0.4, 0.5) is 5.69 Å². The van der Waals surface area contributed by atoms with Crippen molar-refractivity contribution in [2.45, 2.75) is 26.2 Å². The largest absolute Gasteiger partial charge is 0.493 e. The second-order valence-electron chi connectivity index (χ2n) is 7.73. The quantitative estimate of drug-likeness (QED) is 0.136. The summed E-state index contributed by atoms with van der Waals surface area (Å²) in [6.45, 7) is 2.85. The lowest BCUT2D eigenvalue weighted by Crippen LogP contribution is -2.20. The lowest BCUT2D eigenvalue weighted by atomic mass is 10.2. The summed E-state index contributed by atoms with van der Waals surface area (Å²) in [5.74, 6) is 2.53. The summed E-state index contributed by atoms with van der Waals surface area (Å²) in [5, 5.41) is 4.41. The molecule has 0 fully saturated rings. The highest BCUT2D eigenvalue weighted by Crippen LogP contribution is 2.27. The molecule has 1 heterocycles. The molecule has 174 valence electrons. The molecule has 0 aliphatic heterocycles. The minimum atomic E-state index is 0.515. The molecule has 0 aliphatic rings. The van der Waals surface area contributed by atoms with Gasteiger partial charge in [-0.25, -0.2) is 9.98 Å². The van der Waals surface area contributed by atoms with E-state index in [0.29, 0.717) is 24.0 Å². The maximum absolute atomic E-state index is 5.86. The molecule has 3 aromatic carbocycles. The van der Waals surface area contributed by atoms with E-state index in [2.05, 4.69) is 27.4 Å². The summed E-state index contributed by atoms with van der Waals surface area (Å²) in [5.41, 5.74) is 6.51. The van der Waals surface area contributed by atoms with Crippen molar-refractivity contribution in [2.75, 3.05) is 13.7 Å². The van der Waals surface area contributed by atoms with E-state index in [0.717, 1.165) is 47.3 Å². The van der Waals surface area contributed by atoms with Crippen LogP contribution in [0.3, 0.4) is 0 Å². The summed E-state index contributed by atoms with van der Waals surface area (Å²) in [4.78, 5) is 12.7. The second kappa shape index (κ2) is 11.7. The molecule has 0 atom stereocenters. The maximum atomic E-state index is 5.86. The van der Waals surface area contributed by atoms with Crippen LogP contribution in [0.1, 0.15) is 37.6 Å². The number of imidazole rings is 1. The van der Waals surface area contributed by atoms with Crippen LogP contribution in [-0.2, 0) is 0 Å². The molecule has 0 aliphatic carbocycles. The first-order valence-electron chi connectivity index (χ1n) is 11.5. The van der Waals surface area contributed by atoms with Crippen LogP contribution in [0.25, 0.3) is 11.0 Å². The van der Waals surface area contributed by atoms with Gasteiger partial charge in [0.2, 0.25) is 0 Å². The minimum Gasteiger partial charge on any atom is -0.493 e. The molecule has 1 aromatic heterocycles. The van der Waals surface area contributed by atoms with Gasteiger partial charge in [-0.05, 0) is 54.4 Å². The third-order valence-electron chi connectivity index (χ3n) is 5.19. The zero-order valence-corrected chi connectivity index (χ0v) is 19.5. The number of unbranched alkanes of at least 4 members (excludes halogenated alkanes) is 2. The molecule has 7 nitrogen and oxygen atoms in total. The van der Waals surface area contributed by atoms with Crippen molar-refractivity contribution in [1.29, 1.82) is 0 Å². The summed E-state index contributed by atoms with van der Waals surface area (Å²) < 4.78 is 11.4. The van der Waals surface area contributed by atoms with Gasteiger partial charge >= 0.3 is 0 Å². The van der Waals surface area contributed by atoms with Crippen molar-refractivity contribution >= 4 is 28.8 Å². The van der Waals surface area contributed by atoms with Gasteiger partial charge in [-0.1, -0.05) is 50.1 Å². The van der Waals surface area contributed by atoms with Gasteiger partial charge in [0.1, 0.15) is 0 Å². The van der Waals surface area contributed by atoms with Gasteiger partial charge in [-0.2, -0.15) is 5.10 Å². The van der Waals surface area contributed by atoms with Crippen LogP contribution >= 0.6 is 0 Å². The first-order chi connectivity index (χ1) is 16.8. The van der Waals surface area contributed by atoms with Crippen LogP contribution in [0, 0.1) is 0 Å². The van der Waals surface area contributed by atoms with Gasteiger partial charge < -0.3 is 14.5 Å². The topological polar surface area (TPSA) is 83.9 Å². The van der Waals surface area contributed by atoms with Crippen LogP contribution in [0.2, 0.25) is 0 Å². The van der Waals surface area contributed by atoms with Crippen molar-refractivity contribution in [1.82, 2.24) is 15.4 Å². The fraction of sp³-hybridized carbons (Fsp3) is 0.222. The number of nitrogens with one attached hydrogen (secondary N) is 2. The van der Waals surface area contributed by atoms with Crippen molar-refractivity contribution < 1.29 is 9.47 Å². The molecule has 0 amide bonds. The Bertz CT molecular complexity index is 1230. The predicted molar refractivity (Wildman–Crippen MR) is 137 cm³/mol. The number of amidine groups is 1. The number of benzene rings is 3. The van der Waals surface area contributed by atoms with Crippen LogP contribution in [-0.4, -0.2) is 35.7 Å². The highest BCUT2D eigenvalue weighted by atomic mass is 16.5. The summed E-state index contributed by atoms with van der Waals surface area (Å²) in [7, 11) is 1.64. The van der Waals surface area contributed by atoms with Crippen molar-refractivity contribution in [3.8, 4) is 11.5 Å². The Morgan fingerprint density at radius 2 is 1.82 bits per heavy atom. The normalized spacial score (nSPS) is 11.8. The third kappa shape index (κ3) is 6.01. The van der Waals surface area contributed by atoms with E-state index in [1.54, 1.807) is 13.3 Å². The maximum Gasteiger partial charge on any atom is 0.190 e. The molecular weight excluding hydrogens is 426 g/mol. The fourth-order valence-electron chi connectivity index (χ4n) is 3.41. The van der Waals surface area contributed by atoms with Crippen molar-refractivity contribution in [2.24, 2.45) is 10.1 Å². The van der Waals surface area contributed by atoms with E-state index in [4.69, 9.17) is 14.5 Å². The summed E-state index contributed by atoms with van der Waals surface area (Å²) in [6, 6.07) is 23.3. The van der Waals surface area contributed by atoms with Gasteiger partial charge in [-0.15, -0.1) is 0 Å². The number of nitrogens with zero attached hydrogens (tertiary/aromatic N) is 3. The number of aromatic nitrogens is 2. The third-order valence-corrected chi connectivity index (χ3v) is 5.19. The number of ether oxygens (including phenoxy) is 2. The van der Waals surface area contributed by atoms with Crippen LogP contribution in [0.5, 0.6) is 11.5 Å². The molecule has 4 aromatic rings. The van der Waals surface area contributed by atoms with E-state index in [1.807, 2.05) is 72.8 Å². The van der Waals surface area contributed by atoms with Crippen molar-refractivity contribution in [3.05, 3.63) is 84.2 Å². The molecule has 0 spiro atoms. The summed E-state index contributed by atoms with van der Waals surface area (Å²) in [6.07, 6.45) is 5.05. The van der Waals surface area contributed by atoms with Gasteiger partial charge in [0.15, 0.2) is 23.2 Å². The first-order valence-corrected chi connectivity index (χ1v) is 11.5. The number of rotatable bonds is 10. The number of H-pyrrole nitrogens is 1. The smallest absolute Gasteiger partial charge is 0.190 e. The van der Waals surface area contributed by atoms with E-state index >= 15 is 0 Å². The number of aliphatic imine (C=N–C) groups is 1. The van der Waals surface area contributed by atoms with Gasteiger partial charge in [-0.3, -0.25) is 5.43 Å². The molecule has 0 saturated heterocycles. The van der Waals surface area contributed by atoms with E-state index in [1.165, 1.54) is 0 Å². The number of hydrogen-bond acceptors (Lipinski definition) is 5. The Labute approximate surface area is 199 Å². The van der Waals surface area contributed by atoms with E-state index < -0.39 is 0 Å². The standard InChI is InChI=1S/C27H29N5O2/c1-3-4-10-17-34-24-16-15-20(18-25(24)33-2)19-28-32-27(29-21-11-6-5-7-12-21)26-30-22-13-8-9-14-23(22)31-26/h5-9,11-16,18-19H,3-4,10,17H2,1-2H3,(H,29,32)(H,30,31)/b28-19+. The molecular formula is C27H29N5O2. The summed E-state index contributed by atoms with van der Waals surface area (Å²) >= 11 is 0. The van der Waals surface area contributed by atoms with E-state index in [-0.39, 0.29) is 0 Å². The lowest BCUT2D eigenvalue weighted by Gasteiger charge is -2.11. The van der Waals surface area contributed by atoms with Crippen LogP contribution < -0.4 is 14.9 Å². The number of fused-ring (bicyclic) bond motifs is 1. The zero-order chi connectivity index (χ0) is 23.6. The number of hydrazone groups is 1. The Morgan fingerprint density at radius 3 is 2.62 bits per heavy atom. The van der Waals surface area contributed by atoms with Gasteiger partial charge in [0.25, 0.3) is 0 Å². The highest BCUT2D eigenvalue weighted by molar-refractivity contribution is 6.00. The molecule has 2 N–H and O–H groups in total. The lowest BCUT2D eigenvalue weighted by molar-refractivity contribution is 0.286. The molecule has 4 rings (SSSR count). The molecule has 7 heteroatoms. The first kappa shape index (κ1) is 23.0. The molecule has 0 radical (unpaired) electrons. The Morgan fingerprint density at radius 1 is 1.00 bits per heavy atom. The molecule has 0 saturated carbocycles. The Kier molecular flexibility index (Phi) is 7.90. The van der Waals surface area contributed by atoms with Crippen LogP contribution in [0.15, 0.2) is 82.9 Å². The predicted octanol–water partition coefficient (Wildman–Crippen LogP) is 5.84.